The zero-order valence-corrected chi connectivity index (χ0v) is 17.9. The monoisotopic (exact) mass is 426 g/mol. The first-order valence-corrected chi connectivity index (χ1v) is 11.1. The van der Waals surface area contributed by atoms with E-state index in [1.54, 1.807) is 11.9 Å². The molecule has 1 fully saturated rings. The maximum Gasteiger partial charge on any atom is 0.264 e. The van der Waals surface area contributed by atoms with Gasteiger partial charge in [0.25, 0.3) is 11.8 Å². The van der Waals surface area contributed by atoms with Gasteiger partial charge in [-0.25, -0.2) is 0 Å². The number of rotatable bonds is 2. The predicted octanol–water partition coefficient (Wildman–Crippen LogP) is 5.47. The Morgan fingerprint density at radius 2 is 1.79 bits per heavy atom. The molecule has 0 bridgehead atoms. The van der Waals surface area contributed by atoms with E-state index in [0.717, 1.165) is 42.1 Å². The lowest BCUT2D eigenvalue weighted by molar-refractivity contribution is -0.114. The number of likely N-dealkylation sites (tertiary alicyclic amines) is 1. The summed E-state index contributed by atoms with van der Waals surface area (Å²) < 4.78 is 0. The molecule has 29 heavy (non-hydrogen) atoms. The van der Waals surface area contributed by atoms with Gasteiger partial charge in [-0.1, -0.05) is 54.4 Å². The number of hydrogen-bond acceptors (Lipinski definition) is 3. The summed E-state index contributed by atoms with van der Waals surface area (Å²) in [4.78, 5) is 31.0. The summed E-state index contributed by atoms with van der Waals surface area (Å²) in [6.07, 6.45) is 6.30. The normalized spacial score (nSPS) is 18.6. The summed E-state index contributed by atoms with van der Waals surface area (Å²) in [6, 6.07) is 13.1. The van der Waals surface area contributed by atoms with Crippen molar-refractivity contribution in [2.45, 2.75) is 30.6 Å². The first-order valence-electron chi connectivity index (χ1n) is 9.90. The lowest BCUT2D eigenvalue weighted by atomic mass is 10.1. The molecule has 150 valence electrons. The molecule has 0 saturated carbocycles. The van der Waals surface area contributed by atoms with Crippen LogP contribution in [0.15, 0.2) is 52.3 Å². The molecule has 2 aromatic rings. The van der Waals surface area contributed by atoms with Crippen molar-refractivity contribution >= 4 is 46.9 Å². The molecule has 4 nitrogen and oxygen atoms in total. The van der Waals surface area contributed by atoms with Gasteiger partial charge in [-0.3, -0.25) is 9.59 Å². The number of carbonyl (C=O) groups excluding carboxylic acids is 2. The molecule has 1 saturated heterocycles. The predicted molar refractivity (Wildman–Crippen MR) is 120 cm³/mol. The van der Waals surface area contributed by atoms with Gasteiger partial charge in [-0.15, -0.1) is 0 Å². The highest BCUT2D eigenvalue weighted by Gasteiger charge is 2.28. The number of hydrogen-bond donors (Lipinski definition) is 0. The smallest absolute Gasteiger partial charge is 0.264 e. The van der Waals surface area contributed by atoms with Crippen molar-refractivity contribution in [1.29, 1.82) is 0 Å². The summed E-state index contributed by atoms with van der Waals surface area (Å²) in [6.45, 7) is 1.62. The van der Waals surface area contributed by atoms with E-state index >= 15 is 0 Å². The van der Waals surface area contributed by atoms with E-state index in [4.69, 9.17) is 11.6 Å². The molecule has 0 radical (unpaired) electrons. The molecule has 2 aliphatic heterocycles. The van der Waals surface area contributed by atoms with Crippen LogP contribution in [0.2, 0.25) is 5.02 Å². The molecule has 2 aromatic carbocycles. The third kappa shape index (κ3) is 4.21. The van der Waals surface area contributed by atoms with Gasteiger partial charge in [-0.05, 0) is 48.7 Å². The van der Waals surface area contributed by atoms with Crippen molar-refractivity contribution in [3.05, 3.63) is 63.5 Å². The lowest BCUT2D eigenvalue weighted by Gasteiger charge is -2.28. The number of benzene rings is 2. The van der Waals surface area contributed by atoms with Gasteiger partial charge in [-0.2, -0.15) is 0 Å². The summed E-state index contributed by atoms with van der Waals surface area (Å²) in [7, 11) is 1.75. The number of anilines is 1. The van der Waals surface area contributed by atoms with Gasteiger partial charge in [0.1, 0.15) is 0 Å². The van der Waals surface area contributed by atoms with Crippen molar-refractivity contribution in [3.63, 3.8) is 0 Å². The van der Waals surface area contributed by atoms with E-state index in [-0.39, 0.29) is 11.8 Å². The summed E-state index contributed by atoms with van der Waals surface area (Å²) in [5.41, 5.74) is 2.23. The number of carbonyl (C=O) groups is 2. The molecule has 4 rings (SSSR count). The fraction of sp³-hybridized carbons (Fsp3) is 0.304. The minimum absolute atomic E-state index is 0.0537. The van der Waals surface area contributed by atoms with Crippen LogP contribution < -0.4 is 4.90 Å². The topological polar surface area (TPSA) is 40.6 Å². The SMILES string of the molecule is CN1C(=O)/C(=C/c2ccccc2Cl)Sc2ccc(C(=O)N3CCCCCC3)cc21. The molecule has 0 N–H and O–H groups in total. The number of nitrogens with zero attached hydrogens (tertiary/aromatic N) is 2. The molecule has 0 aliphatic carbocycles. The maximum atomic E-state index is 13.0. The van der Waals surface area contributed by atoms with Crippen LogP contribution in [-0.4, -0.2) is 36.9 Å². The van der Waals surface area contributed by atoms with E-state index in [0.29, 0.717) is 15.5 Å². The Balaban J connectivity index is 1.62. The number of amides is 2. The van der Waals surface area contributed by atoms with Gasteiger partial charge in [0.15, 0.2) is 0 Å². The number of halogens is 1. The molecular formula is C23H23ClN2O2S. The summed E-state index contributed by atoms with van der Waals surface area (Å²) in [5.74, 6) is -0.0419. The highest BCUT2D eigenvalue weighted by molar-refractivity contribution is 8.04. The molecule has 6 heteroatoms. The average Bonchev–Trinajstić information content (AvgIpc) is 3.02. The number of fused-ring (bicyclic) bond motifs is 1. The summed E-state index contributed by atoms with van der Waals surface area (Å²) >= 11 is 7.67. The highest BCUT2D eigenvalue weighted by atomic mass is 35.5. The Morgan fingerprint density at radius 3 is 2.52 bits per heavy atom. The standard InChI is InChI=1S/C23H23ClN2O2S/c1-25-19-14-17(22(27)26-12-6-2-3-7-13-26)10-11-20(19)29-21(23(25)28)15-16-8-4-5-9-18(16)24/h4-5,8-11,14-15H,2-3,6-7,12-13H2,1H3/b21-15-. The van der Waals surface area contributed by atoms with Crippen LogP contribution in [0.25, 0.3) is 6.08 Å². The zero-order chi connectivity index (χ0) is 20.4. The fourth-order valence-corrected chi connectivity index (χ4v) is 4.99. The Labute approximate surface area is 180 Å². The van der Waals surface area contributed by atoms with E-state index in [1.165, 1.54) is 24.6 Å². The molecule has 0 aromatic heterocycles. The minimum Gasteiger partial charge on any atom is -0.339 e. The first-order chi connectivity index (χ1) is 14.0. The fourth-order valence-electron chi connectivity index (χ4n) is 3.72. The van der Waals surface area contributed by atoms with E-state index < -0.39 is 0 Å². The second-order valence-electron chi connectivity index (χ2n) is 7.39. The van der Waals surface area contributed by atoms with E-state index in [9.17, 15) is 9.59 Å². The van der Waals surface area contributed by atoms with Crippen LogP contribution >= 0.6 is 23.4 Å². The number of likely N-dealkylation sites (N-methyl/N-ethyl adjacent to an activating group) is 1. The van der Waals surface area contributed by atoms with Crippen LogP contribution in [0.5, 0.6) is 0 Å². The van der Waals surface area contributed by atoms with Gasteiger partial charge in [0.2, 0.25) is 0 Å². The molecule has 2 amide bonds. The molecule has 2 heterocycles. The Kier molecular flexibility index (Phi) is 5.97. The van der Waals surface area contributed by atoms with Crippen LogP contribution in [0.1, 0.15) is 41.6 Å². The Bertz CT molecular complexity index is 981. The number of thioether (sulfide) groups is 1. The molecule has 0 atom stereocenters. The van der Waals surface area contributed by atoms with Crippen LogP contribution in [-0.2, 0) is 4.79 Å². The lowest BCUT2D eigenvalue weighted by Crippen LogP contribution is -2.33. The van der Waals surface area contributed by atoms with Crippen molar-refractivity contribution in [3.8, 4) is 0 Å². The second kappa shape index (κ2) is 8.64. The van der Waals surface area contributed by atoms with Crippen molar-refractivity contribution in [1.82, 2.24) is 4.90 Å². The third-order valence-electron chi connectivity index (χ3n) is 5.39. The molecular weight excluding hydrogens is 404 g/mol. The molecule has 0 spiro atoms. The van der Waals surface area contributed by atoms with Gasteiger partial charge in [0.05, 0.1) is 10.6 Å². The quantitative estimate of drug-likeness (QED) is 0.598. The van der Waals surface area contributed by atoms with Crippen LogP contribution in [0.3, 0.4) is 0 Å². The Hall–Kier alpha value is -2.24. The largest absolute Gasteiger partial charge is 0.339 e. The van der Waals surface area contributed by atoms with Gasteiger partial charge >= 0.3 is 0 Å². The van der Waals surface area contributed by atoms with E-state index in [1.807, 2.05) is 53.4 Å². The molecule has 0 unspecified atom stereocenters. The summed E-state index contributed by atoms with van der Waals surface area (Å²) in [5, 5.41) is 0.611. The zero-order valence-electron chi connectivity index (χ0n) is 16.4. The first kappa shape index (κ1) is 20.0. The Morgan fingerprint density at radius 1 is 1.07 bits per heavy atom. The van der Waals surface area contributed by atoms with Crippen molar-refractivity contribution in [2.75, 3.05) is 25.0 Å². The van der Waals surface area contributed by atoms with Crippen LogP contribution in [0, 0.1) is 0 Å². The van der Waals surface area contributed by atoms with Crippen LogP contribution in [0.4, 0.5) is 5.69 Å². The molecule has 2 aliphatic rings. The van der Waals surface area contributed by atoms with E-state index in [2.05, 4.69) is 0 Å². The highest BCUT2D eigenvalue weighted by Crippen LogP contribution is 2.42. The third-order valence-corrected chi connectivity index (χ3v) is 6.81. The minimum atomic E-state index is -0.0956. The van der Waals surface area contributed by atoms with Gasteiger partial charge in [0, 0.05) is 35.6 Å². The van der Waals surface area contributed by atoms with Crippen molar-refractivity contribution < 1.29 is 9.59 Å². The van der Waals surface area contributed by atoms with Gasteiger partial charge < -0.3 is 9.80 Å². The average molecular weight is 427 g/mol. The second-order valence-corrected chi connectivity index (χ2v) is 8.88. The van der Waals surface area contributed by atoms with Crippen molar-refractivity contribution in [2.24, 2.45) is 0 Å². The maximum absolute atomic E-state index is 13.0.